The zero-order valence-corrected chi connectivity index (χ0v) is 19.4. The molecule has 170 valence electrons. The average molecular weight is 430 g/mol. The first-order chi connectivity index (χ1) is 15.0. The van der Waals surface area contributed by atoms with E-state index in [0.717, 1.165) is 36.1 Å². The Balaban J connectivity index is 0.000000630. The van der Waals surface area contributed by atoms with Crippen molar-refractivity contribution in [3.05, 3.63) is 45.7 Å². The van der Waals surface area contributed by atoms with E-state index in [1.807, 2.05) is 30.5 Å². The number of hydrogen-bond acceptors (Lipinski definition) is 4. The maximum Gasteiger partial charge on any atom is 0.341 e. The third-order valence-electron chi connectivity index (χ3n) is 5.24. The molecule has 1 aromatic carbocycles. The van der Waals surface area contributed by atoms with Crippen molar-refractivity contribution in [1.82, 2.24) is 4.57 Å². The van der Waals surface area contributed by atoms with Gasteiger partial charge >= 0.3 is 5.97 Å². The van der Waals surface area contributed by atoms with Gasteiger partial charge in [0, 0.05) is 24.4 Å². The van der Waals surface area contributed by atoms with Crippen LogP contribution < -0.4 is 14.9 Å². The number of carboxylic acids is 1. The number of nitrogens with zero attached hydrogens (tertiary/aromatic N) is 1. The predicted molar refractivity (Wildman–Crippen MR) is 124 cm³/mol. The molecule has 31 heavy (non-hydrogen) atoms. The van der Waals surface area contributed by atoms with E-state index >= 15 is 0 Å². The summed E-state index contributed by atoms with van der Waals surface area (Å²) in [6, 6.07) is 5.30. The smallest absolute Gasteiger partial charge is 0.341 e. The van der Waals surface area contributed by atoms with Crippen LogP contribution in [-0.2, 0) is 13.0 Å². The maximum absolute atomic E-state index is 12.1. The highest BCUT2D eigenvalue weighted by Gasteiger charge is 2.24. The Hall–Kier alpha value is -2.76. The van der Waals surface area contributed by atoms with Gasteiger partial charge in [-0.15, -0.1) is 0 Å². The average Bonchev–Trinajstić information content (AvgIpc) is 3.27. The lowest BCUT2D eigenvalue weighted by atomic mass is 9.96. The summed E-state index contributed by atoms with van der Waals surface area (Å²) in [6.45, 7) is 8.87. The summed E-state index contributed by atoms with van der Waals surface area (Å²) in [5.41, 5.74) is 2.00. The van der Waals surface area contributed by atoms with Gasteiger partial charge in [0.2, 0.25) is 0 Å². The van der Waals surface area contributed by atoms with Crippen LogP contribution in [0.15, 0.2) is 29.2 Å². The van der Waals surface area contributed by atoms with E-state index in [9.17, 15) is 9.59 Å². The summed E-state index contributed by atoms with van der Waals surface area (Å²) < 4.78 is 13.5. The van der Waals surface area contributed by atoms with Gasteiger partial charge in [-0.3, -0.25) is 4.79 Å². The fraction of sp³-hybridized carbons (Fsp3) is 0.520. The van der Waals surface area contributed by atoms with Crippen molar-refractivity contribution >= 4 is 5.97 Å². The molecule has 0 radical (unpaired) electrons. The largest absolute Gasteiger partial charge is 0.493 e. The number of benzene rings is 1. The number of aryl methyl sites for hydroxylation is 2. The molecular formula is C25H35NO5. The quantitative estimate of drug-likeness (QED) is 0.690. The highest BCUT2D eigenvalue weighted by molar-refractivity contribution is 5.87. The molecule has 6 nitrogen and oxygen atoms in total. The van der Waals surface area contributed by atoms with E-state index in [1.54, 1.807) is 7.11 Å². The summed E-state index contributed by atoms with van der Waals surface area (Å²) in [7, 11) is 1.60. The molecule has 0 atom stereocenters. The lowest BCUT2D eigenvalue weighted by Gasteiger charge is -2.25. The van der Waals surface area contributed by atoms with Gasteiger partial charge in [0.15, 0.2) is 16.9 Å². The molecular weight excluding hydrogens is 394 g/mol. The van der Waals surface area contributed by atoms with Crippen LogP contribution in [0.3, 0.4) is 0 Å². The van der Waals surface area contributed by atoms with Crippen LogP contribution in [0, 0.1) is 0 Å². The minimum absolute atomic E-state index is 0.203. The summed E-state index contributed by atoms with van der Waals surface area (Å²) >= 11 is 0. The first kappa shape index (κ1) is 24.5. The van der Waals surface area contributed by atoms with Gasteiger partial charge < -0.3 is 19.1 Å². The van der Waals surface area contributed by atoms with Crippen LogP contribution in [-0.4, -0.2) is 28.9 Å². The van der Waals surface area contributed by atoms with Crippen LogP contribution in [0.2, 0.25) is 0 Å². The van der Waals surface area contributed by atoms with E-state index in [-0.39, 0.29) is 11.7 Å². The van der Waals surface area contributed by atoms with E-state index in [4.69, 9.17) is 14.6 Å². The number of rotatable bonds is 4. The molecule has 0 amide bonds. The SMILES string of the molecule is CC.CCC.COc1cc2c(cc1OC1CCCC1)CCn1cc(C(=O)O)c(=O)cc1-2. The van der Waals surface area contributed by atoms with Crippen LogP contribution in [0.4, 0.5) is 0 Å². The van der Waals surface area contributed by atoms with E-state index in [2.05, 4.69) is 13.8 Å². The number of methoxy groups -OCH3 is 1. The molecule has 0 saturated heterocycles. The fourth-order valence-corrected chi connectivity index (χ4v) is 3.88. The van der Waals surface area contributed by atoms with E-state index < -0.39 is 11.4 Å². The Bertz CT molecular complexity index is 942. The molecule has 1 aliphatic heterocycles. The van der Waals surface area contributed by atoms with Gasteiger partial charge in [0.1, 0.15) is 5.56 Å². The van der Waals surface area contributed by atoms with Gasteiger partial charge in [-0.25, -0.2) is 4.79 Å². The van der Waals surface area contributed by atoms with Gasteiger partial charge in [0.05, 0.1) is 18.9 Å². The van der Waals surface area contributed by atoms with Crippen LogP contribution >= 0.6 is 0 Å². The number of pyridine rings is 1. The number of fused-ring (bicyclic) bond motifs is 3. The second-order valence-corrected chi connectivity index (χ2v) is 7.58. The van der Waals surface area contributed by atoms with Crippen molar-refractivity contribution in [2.24, 2.45) is 0 Å². The number of carboxylic acid groups (broad SMARTS) is 1. The van der Waals surface area contributed by atoms with Crippen molar-refractivity contribution < 1.29 is 19.4 Å². The van der Waals surface area contributed by atoms with Crippen molar-refractivity contribution in [3.63, 3.8) is 0 Å². The Morgan fingerprint density at radius 2 is 1.77 bits per heavy atom. The Morgan fingerprint density at radius 1 is 1.13 bits per heavy atom. The maximum atomic E-state index is 12.1. The highest BCUT2D eigenvalue weighted by Crippen LogP contribution is 2.39. The molecule has 1 aliphatic carbocycles. The summed E-state index contributed by atoms with van der Waals surface area (Å²) in [4.78, 5) is 23.4. The number of aromatic carboxylic acids is 1. The monoisotopic (exact) mass is 429 g/mol. The van der Waals surface area contributed by atoms with Crippen molar-refractivity contribution in [2.75, 3.05) is 7.11 Å². The molecule has 1 aromatic heterocycles. The number of hydrogen-bond donors (Lipinski definition) is 1. The molecule has 6 heteroatoms. The standard InChI is InChI=1S/C20H21NO5.C3H8.C2H6/c1-25-18-9-14-12(8-19(18)26-13-4-2-3-5-13)6-7-21-11-15(20(23)24)17(22)10-16(14)21;1-3-2;1-2/h8-11,13H,2-7H2,1H3,(H,23,24);3H2,1-2H3;1-2H3. The lowest BCUT2D eigenvalue weighted by Crippen LogP contribution is -2.22. The molecule has 2 aliphatic rings. The lowest BCUT2D eigenvalue weighted by molar-refractivity contribution is 0.0694. The molecule has 4 rings (SSSR count). The van der Waals surface area contributed by atoms with Crippen molar-refractivity contribution in [2.45, 2.75) is 78.9 Å². The molecule has 0 bridgehead atoms. The van der Waals surface area contributed by atoms with Gasteiger partial charge in [0.25, 0.3) is 0 Å². The Labute approximate surface area is 184 Å². The second kappa shape index (κ2) is 11.6. The van der Waals surface area contributed by atoms with Gasteiger partial charge in [-0.1, -0.05) is 34.1 Å². The zero-order chi connectivity index (χ0) is 23.0. The Kier molecular flexibility index (Phi) is 9.16. The second-order valence-electron chi connectivity index (χ2n) is 7.58. The minimum Gasteiger partial charge on any atom is -0.493 e. The summed E-state index contributed by atoms with van der Waals surface area (Å²) in [5, 5.41) is 9.17. The topological polar surface area (TPSA) is 77.8 Å². The summed E-state index contributed by atoms with van der Waals surface area (Å²) in [5.74, 6) is 0.184. The third kappa shape index (κ3) is 5.69. The minimum atomic E-state index is -1.20. The number of ether oxygens (including phenoxy) is 2. The van der Waals surface area contributed by atoms with E-state index in [0.29, 0.717) is 18.0 Å². The first-order valence-corrected chi connectivity index (χ1v) is 11.3. The molecule has 1 saturated carbocycles. The van der Waals surface area contributed by atoms with E-state index in [1.165, 1.54) is 31.5 Å². The molecule has 1 N–H and O–H groups in total. The molecule has 1 fully saturated rings. The van der Waals surface area contributed by atoms with Crippen LogP contribution in [0.1, 0.15) is 75.7 Å². The van der Waals surface area contributed by atoms with Crippen LogP contribution in [0.5, 0.6) is 11.5 Å². The number of aromatic nitrogens is 1. The predicted octanol–water partition coefficient (Wildman–Crippen LogP) is 5.54. The first-order valence-electron chi connectivity index (χ1n) is 11.3. The molecule has 2 aromatic rings. The normalized spacial score (nSPS) is 14.2. The van der Waals surface area contributed by atoms with Gasteiger partial charge in [-0.05, 0) is 49.8 Å². The van der Waals surface area contributed by atoms with Crippen LogP contribution in [0.25, 0.3) is 11.3 Å². The Morgan fingerprint density at radius 3 is 2.35 bits per heavy atom. The third-order valence-corrected chi connectivity index (χ3v) is 5.24. The molecule has 0 spiro atoms. The fourth-order valence-electron chi connectivity index (χ4n) is 3.88. The van der Waals surface area contributed by atoms with Crippen molar-refractivity contribution in [1.29, 1.82) is 0 Å². The molecule has 2 heterocycles. The van der Waals surface area contributed by atoms with Gasteiger partial charge in [-0.2, -0.15) is 0 Å². The zero-order valence-electron chi connectivity index (χ0n) is 19.4. The highest BCUT2D eigenvalue weighted by atomic mass is 16.5. The number of carbonyl (C=O) groups is 1. The van der Waals surface area contributed by atoms with Crippen molar-refractivity contribution in [3.8, 4) is 22.8 Å². The summed E-state index contributed by atoms with van der Waals surface area (Å²) in [6.07, 6.45) is 8.18. The molecule has 0 unspecified atom stereocenters.